The van der Waals surface area contributed by atoms with Gasteiger partial charge in [0.1, 0.15) is 0 Å². The topological polar surface area (TPSA) is 158 Å². The molecule has 0 saturated carbocycles. The first-order valence-electron chi connectivity index (χ1n) is 13.0. The Bertz CT molecular complexity index is 1490. The van der Waals surface area contributed by atoms with E-state index in [0.717, 1.165) is 6.42 Å². The molecule has 216 valence electrons. The monoisotopic (exact) mass is 562 g/mol. The standard InChI is InChI=1S/C27H28N2O3.C4H4O4.H2O/c1-17(2)29-15-19-13-24-22(21-10-7-11-23(29)26(19)21)12-20(14-28(24)3)27(31)32-16-25(30)18-8-5-4-6-9-18;5-3(6)1-2-4(7)8;/h4-12,15,17,20,24H,13-14,16H2,1-3H3;1-2H,(H,5,6)(H,7,8);1H2/b;2-1-;/t20-,24-;;/m1../s1. The van der Waals surface area contributed by atoms with Crippen LogP contribution in [0.1, 0.15) is 41.4 Å². The van der Waals surface area contributed by atoms with Crippen molar-refractivity contribution >= 4 is 40.2 Å². The molecule has 2 aliphatic rings. The number of aliphatic carboxylic acids is 2. The summed E-state index contributed by atoms with van der Waals surface area (Å²) in [5.74, 6) is -3.43. The number of hydrogen-bond acceptors (Lipinski definition) is 6. The van der Waals surface area contributed by atoms with Gasteiger partial charge in [-0.25, -0.2) is 9.59 Å². The molecule has 0 radical (unpaired) electrons. The van der Waals surface area contributed by atoms with Gasteiger partial charge in [-0.3, -0.25) is 14.5 Å². The summed E-state index contributed by atoms with van der Waals surface area (Å²) in [5.41, 5.74) is 5.56. The fourth-order valence-electron chi connectivity index (χ4n) is 5.25. The smallest absolute Gasteiger partial charge is 0.328 e. The van der Waals surface area contributed by atoms with Crippen molar-refractivity contribution in [3.8, 4) is 0 Å². The second-order valence-corrected chi connectivity index (χ2v) is 10.1. The Morgan fingerprint density at radius 1 is 1.00 bits per heavy atom. The van der Waals surface area contributed by atoms with Crippen molar-refractivity contribution in [3.05, 3.63) is 89.6 Å². The lowest BCUT2D eigenvalue weighted by Crippen LogP contribution is -2.44. The van der Waals surface area contributed by atoms with E-state index in [9.17, 15) is 19.2 Å². The molecule has 10 nitrogen and oxygen atoms in total. The number of rotatable bonds is 7. The summed E-state index contributed by atoms with van der Waals surface area (Å²) in [6.45, 7) is 4.76. The van der Waals surface area contributed by atoms with E-state index in [4.69, 9.17) is 14.9 Å². The number of ether oxygens (including phenoxy) is 1. The molecule has 0 amide bonds. The number of Topliss-reactive ketones (excluding diaryl/α,β-unsaturated/α-hetero) is 1. The quantitative estimate of drug-likeness (QED) is 0.252. The molecule has 4 N–H and O–H groups in total. The molecule has 0 bridgehead atoms. The normalized spacial score (nSPS) is 17.6. The predicted octanol–water partition coefficient (Wildman–Crippen LogP) is 3.41. The maximum atomic E-state index is 12.9. The summed E-state index contributed by atoms with van der Waals surface area (Å²) in [5, 5.41) is 16.9. The third-order valence-corrected chi connectivity index (χ3v) is 7.09. The Kier molecular flexibility index (Phi) is 9.99. The van der Waals surface area contributed by atoms with Crippen LogP contribution in [0, 0.1) is 5.92 Å². The van der Waals surface area contributed by atoms with Gasteiger partial charge in [-0.2, -0.15) is 0 Å². The molecule has 0 saturated heterocycles. The Balaban J connectivity index is 0.000000453. The molecule has 1 aliphatic carbocycles. The zero-order valence-electron chi connectivity index (χ0n) is 23.1. The molecule has 1 aliphatic heterocycles. The number of esters is 1. The van der Waals surface area contributed by atoms with Crippen molar-refractivity contribution in [2.24, 2.45) is 5.92 Å². The molecular weight excluding hydrogens is 528 g/mol. The number of carbonyl (C=O) groups excluding carboxylic acids is 2. The van der Waals surface area contributed by atoms with E-state index in [0.29, 0.717) is 30.3 Å². The average Bonchev–Trinajstić information content (AvgIpc) is 3.31. The van der Waals surface area contributed by atoms with Gasteiger partial charge in [-0.05, 0) is 50.1 Å². The molecule has 2 heterocycles. The van der Waals surface area contributed by atoms with Crippen LogP contribution >= 0.6 is 0 Å². The number of carboxylic acids is 2. The van der Waals surface area contributed by atoms with Gasteiger partial charge in [-0.15, -0.1) is 0 Å². The van der Waals surface area contributed by atoms with Crippen LogP contribution in [0.25, 0.3) is 16.5 Å². The Hall–Kier alpha value is -4.54. The summed E-state index contributed by atoms with van der Waals surface area (Å²) < 4.78 is 7.78. The second kappa shape index (κ2) is 13.2. The number of ketones is 1. The molecule has 0 fully saturated rings. The summed E-state index contributed by atoms with van der Waals surface area (Å²) >= 11 is 0. The average molecular weight is 563 g/mol. The van der Waals surface area contributed by atoms with E-state index in [2.05, 4.69) is 60.8 Å². The van der Waals surface area contributed by atoms with Crippen molar-refractivity contribution in [3.63, 3.8) is 0 Å². The largest absolute Gasteiger partial charge is 0.478 e. The zero-order valence-corrected chi connectivity index (χ0v) is 23.1. The number of aromatic nitrogens is 1. The first kappa shape index (κ1) is 31.0. The number of hydrogen-bond donors (Lipinski definition) is 2. The molecule has 0 unspecified atom stereocenters. The number of benzene rings is 2. The van der Waals surface area contributed by atoms with Crippen LogP contribution in [0.2, 0.25) is 0 Å². The number of likely N-dealkylation sites (N-methyl/N-ethyl adjacent to an activating group) is 1. The number of fused-ring (bicyclic) bond motifs is 2. The highest BCUT2D eigenvalue weighted by molar-refractivity contribution is 6.00. The highest BCUT2D eigenvalue weighted by Gasteiger charge is 2.36. The van der Waals surface area contributed by atoms with Crippen LogP contribution in [0.4, 0.5) is 0 Å². The molecule has 5 rings (SSSR count). The fourth-order valence-corrected chi connectivity index (χ4v) is 5.25. The van der Waals surface area contributed by atoms with Crippen LogP contribution in [0.3, 0.4) is 0 Å². The molecule has 2 atom stereocenters. The zero-order chi connectivity index (χ0) is 29.0. The molecular formula is C31H34N2O8. The van der Waals surface area contributed by atoms with Crippen molar-refractivity contribution in [1.29, 1.82) is 0 Å². The van der Waals surface area contributed by atoms with Crippen LogP contribution in [0.15, 0.2) is 73.0 Å². The molecule has 1 aromatic heterocycles. The van der Waals surface area contributed by atoms with Gasteiger partial charge in [0, 0.05) is 53.4 Å². The van der Waals surface area contributed by atoms with Crippen molar-refractivity contribution in [2.75, 3.05) is 20.2 Å². The van der Waals surface area contributed by atoms with Crippen LogP contribution in [0.5, 0.6) is 0 Å². The first-order valence-corrected chi connectivity index (χ1v) is 13.0. The molecule has 41 heavy (non-hydrogen) atoms. The summed E-state index contributed by atoms with van der Waals surface area (Å²) in [6.07, 6.45) is 6.41. The summed E-state index contributed by atoms with van der Waals surface area (Å²) in [6, 6.07) is 16.0. The SMILES string of the molecule is CC(C)n1cc2c3c(cccc31)C1=C[C@@H](C(=O)OCC(=O)c3ccccc3)CN(C)[C@@H]1C2.O.O=C(O)/C=C\C(=O)O. The third kappa shape index (κ3) is 6.97. The lowest BCUT2D eigenvalue weighted by Gasteiger charge is -2.39. The lowest BCUT2D eigenvalue weighted by molar-refractivity contribution is -0.146. The Labute approximate surface area is 237 Å². The van der Waals surface area contributed by atoms with E-state index >= 15 is 0 Å². The molecule has 0 spiro atoms. The van der Waals surface area contributed by atoms with E-state index in [-0.39, 0.29) is 35.8 Å². The van der Waals surface area contributed by atoms with E-state index in [1.54, 1.807) is 24.3 Å². The molecule has 10 heteroatoms. The van der Waals surface area contributed by atoms with E-state index < -0.39 is 11.9 Å². The van der Waals surface area contributed by atoms with Gasteiger partial charge in [0.15, 0.2) is 12.4 Å². The summed E-state index contributed by atoms with van der Waals surface area (Å²) in [4.78, 5) is 46.6. The Morgan fingerprint density at radius 2 is 1.66 bits per heavy atom. The van der Waals surface area contributed by atoms with Gasteiger partial charge < -0.3 is 25.0 Å². The van der Waals surface area contributed by atoms with E-state index in [1.807, 2.05) is 6.07 Å². The number of carbonyl (C=O) groups is 4. The highest BCUT2D eigenvalue weighted by atomic mass is 16.5. The molecule has 3 aromatic rings. The van der Waals surface area contributed by atoms with Gasteiger partial charge in [0.05, 0.1) is 5.92 Å². The minimum absolute atomic E-state index is 0. The minimum Gasteiger partial charge on any atom is -0.478 e. The minimum atomic E-state index is -1.26. The fraction of sp³-hybridized carbons (Fsp3) is 0.290. The Morgan fingerprint density at radius 3 is 2.27 bits per heavy atom. The highest BCUT2D eigenvalue weighted by Crippen LogP contribution is 2.42. The maximum Gasteiger partial charge on any atom is 0.328 e. The van der Waals surface area contributed by atoms with Gasteiger partial charge in [0.25, 0.3) is 0 Å². The van der Waals surface area contributed by atoms with Crippen LogP contribution in [-0.4, -0.2) is 75.1 Å². The first-order chi connectivity index (χ1) is 19.1. The second-order valence-electron chi connectivity index (χ2n) is 10.1. The van der Waals surface area contributed by atoms with Gasteiger partial charge >= 0.3 is 17.9 Å². The summed E-state index contributed by atoms with van der Waals surface area (Å²) in [7, 11) is 2.07. The molecule has 2 aromatic carbocycles. The van der Waals surface area contributed by atoms with Gasteiger partial charge in [-0.1, -0.05) is 48.5 Å². The van der Waals surface area contributed by atoms with Crippen molar-refractivity contribution in [1.82, 2.24) is 9.47 Å². The van der Waals surface area contributed by atoms with Crippen molar-refractivity contribution < 1.29 is 39.6 Å². The number of carboxylic acid groups (broad SMARTS) is 2. The van der Waals surface area contributed by atoms with Gasteiger partial charge in [0.2, 0.25) is 0 Å². The third-order valence-electron chi connectivity index (χ3n) is 7.09. The predicted molar refractivity (Wildman–Crippen MR) is 154 cm³/mol. The van der Waals surface area contributed by atoms with E-state index in [1.165, 1.54) is 27.6 Å². The van der Waals surface area contributed by atoms with Crippen molar-refractivity contribution in [2.45, 2.75) is 32.4 Å². The van der Waals surface area contributed by atoms with Crippen LogP contribution < -0.4 is 0 Å². The number of nitrogens with zero attached hydrogens (tertiary/aromatic N) is 2. The van der Waals surface area contributed by atoms with Crippen LogP contribution in [-0.2, 0) is 25.5 Å². The lowest BCUT2D eigenvalue weighted by atomic mass is 9.80. The maximum absolute atomic E-state index is 12.9.